The Balaban J connectivity index is 1.90. The van der Waals surface area contributed by atoms with Crippen LogP contribution in [0.15, 0.2) is 58.2 Å². The number of primary amides is 1. The monoisotopic (exact) mass is 296 g/mol. The van der Waals surface area contributed by atoms with Gasteiger partial charge in [0.15, 0.2) is 0 Å². The van der Waals surface area contributed by atoms with Crippen LogP contribution in [0, 0.1) is 0 Å². The lowest BCUT2D eigenvalue weighted by Gasteiger charge is -2.07. The molecule has 2 N–H and O–H groups in total. The number of hydrogen-bond acceptors (Lipinski definition) is 5. The molecule has 2 heterocycles. The van der Waals surface area contributed by atoms with Crippen LogP contribution in [-0.4, -0.2) is 20.7 Å². The van der Waals surface area contributed by atoms with Gasteiger partial charge in [0.05, 0.1) is 12.1 Å². The lowest BCUT2D eigenvalue weighted by Crippen LogP contribution is -2.19. The molecule has 110 valence electrons. The first-order valence-corrected chi connectivity index (χ1v) is 6.49. The van der Waals surface area contributed by atoms with E-state index >= 15 is 0 Å². The van der Waals surface area contributed by atoms with E-state index in [2.05, 4.69) is 10.2 Å². The molecular weight excluding hydrogens is 284 g/mol. The number of pyridine rings is 1. The summed E-state index contributed by atoms with van der Waals surface area (Å²) in [7, 11) is 0. The maximum Gasteiger partial charge on any atom is 0.250 e. The Morgan fingerprint density at radius 3 is 2.59 bits per heavy atom. The van der Waals surface area contributed by atoms with Gasteiger partial charge in [0.25, 0.3) is 5.56 Å². The van der Waals surface area contributed by atoms with Gasteiger partial charge in [0.2, 0.25) is 18.2 Å². The fourth-order valence-corrected chi connectivity index (χ4v) is 2.05. The van der Waals surface area contributed by atoms with E-state index in [-0.39, 0.29) is 5.56 Å². The van der Waals surface area contributed by atoms with Crippen LogP contribution in [0.2, 0.25) is 0 Å². The molecule has 0 radical (unpaired) electrons. The van der Waals surface area contributed by atoms with Crippen LogP contribution in [0.3, 0.4) is 0 Å². The molecule has 0 bridgehead atoms. The highest BCUT2D eigenvalue weighted by molar-refractivity contribution is 5.92. The van der Waals surface area contributed by atoms with Crippen molar-refractivity contribution in [3.8, 4) is 11.5 Å². The zero-order valence-corrected chi connectivity index (χ0v) is 11.5. The van der Waals surface area contributed by atoms with Gasteiger partial charge in [-0.1, -0.05) is 12.1 Å². The minimum Gasteiger partial charge on any atom is -0.423 e. The second-order valence-electron chi connectivity index (χ2n) is 4.69. The lowest BCUT2D eigenvalue weighted by atomic mass is 10.1. The Morgan fingerprint density at radius 1 is 1.18 bits per heavy atom. The average Bonchev–Trinajstić information content (AvgIpc) is 3.04. The van der Waals surface area contributed by atoms with Crippen molar-refractivity contribution in [2.75, 3.05) is 0 Å². The molecule has 0 aliphatic rings. The van der Waals surface area contributed by atoms with Gasteiger partial charge in [-0.2, -0.15) is 0 Å². The maximum atomic E-state index is 11.9. The third-order valence-electron chi connectivity index (χ3n) is 3.18. The fourth-order valence-electron chi connectivity index (χ4n) is 2.05. The van der Waals surface area contributed by atoms with Gasteiger partial charge in [-0.15, -0.1) is 10.2 Å². The van der Waals surface area contributed by atoms with Crippen molar-refractivity contribution >= 4 is 5.91 Å². The van der Waals surface area contributed by atoms with Crippen molar-refractivity contribution in [1.29, 1.82) is 0 Å². The summed E-state index contributed by atoms with van der Waals surface area (Å²) in [4.78, 5) is 23.0. The minimum absolute atomic E-state index is 0.151. The summed E-state index contributed by atoms with van der Waals surface area (Å²) in [6.07, 6.45) is 2.88. The first-order valence-electron chi connectivity index (χ1n) is 6.49. The van der Waals surface area contributed by atoms with Gasteiger partial charge in [0, 0.05) is 17.8 Å². The number of benzene rings is 1. The number of rotatable bonds is 4. The number of carbonyl (C=O) groups excluding carboxylic acids is 1. The minimum atomic E-state index is -0.484. The first kappa shape index (κ1) is 13.7. The van der Waals surface area contributed by atoms with Crippen LogP contribution in [0.25, 0.3) is 11.5 Å². The SMILES string of the molecule is NC(=O)c1ccc(Cn2cc(-c3nnco3)ccc2=O)cc1. The summed E-state index contributed by atoms with van der Waals surface area (Å²) in [5, 5.41) is 7.42. The summed E-state index contributed by atoms with van der Waals surface area (Å²) >= 11 is 0. The van der Waals surface area contributed by atoms with Crippen LogP contribution < -0.4 is 11.3 Å². The molecule has 7 nitrogen and oxygen atoms in total. The number of nitrogens with two attached hydrogens (primary N) is 1. The summed E-state index contributed by atoms with van der Waals surface area (Å²) < 4.78 is 6.64. The maximum absolute atomic E-state index is 11.9. The smallest absolute Gasteiger partial charge is 0.250 e. The molecule has 22 heavy (non-hydrogen) atoms. The molecule has 3 aromatic rings. The van der Waals surface area contributed by atoms with Crippen molar-refractivity contribution < 1.29 is 9.21 Å². The fraction of sp³-hybridized carbons (Fsp3) is 0.0667. The number of nitrogens with zero attached hydrogens (tertiary/aromatic N) is 3. The third kappa shape index (κ3) is 2.78. The van der Waals surface area contributed by atoms with Gasteiger partial charge in [-0.25, -0.2) is 0 Å². The highest BCUT2D eigenvalue weighted by atomic mass is 16.4. The topological polar surface area (TPSA) is 104 Å². The lowest BCUT2D eigenvalue weighted by molar-refractivity contribution is 0.100. The quantitative estimate of drug-likeness (QED) is 0.774. The zero-order valence-electron chi connectivity index (χ0n) is 11.5. The number of amides is 1. The Bertz CT molecular complexity index is 851. The molecule has 3 rings (SSSR count). The van der Waals surface area contributed by atoms with Crippen LogP contribution in [0.1, 0.15) is 15.9 Å². The molecule has 1 amide bonds. The van der Waals surface area contributed by atoms with Gasteiger partial charge in [-0.3, -0.25) is 9.59 Å². The van der Waals surface area contributed by atoms with Crippen molar-refractivity contribution in [3.63, 3.8) is 0 Å². The highest BCUT2D eigenvalue weighted by Crippen LogP contribution is 2.14. The predicted octanol–water partition coefficient (Wildman–Crippen LogP) is 1.05. The molecule has 0 aliphatic heterocycles. The summed E-state index contributed by atoms with van der Waals surface area (Å²) in [5.41, 5.74) is 7.00. The normalized spacial score (nSPS) is 10.5. The predicted molar refractivity (Wildman–Crippen MR) is 78.1 cm³/mol. The summed E-state index contributed by atoms with van der Waals surface area (Å²) in [5.74, 6) is -0.139. The second kappa shape index (κ2) is 5.65. The van der Waals surface area contributed by atoms with Gasteiger partial charge in [-0.05, 0) is 23.8 Å². The number of carbonyl (C=O) groups is 1. The molecule has 7 heteroatoms. The van der Waals surface area contributed by atoms with Crippen LogP contribution in [0.5, 0.6) is 0 Å². The van der Waals surface area contributed by atoms with Gasteiger partial charge in [0.1, 0.15) is 0 Å². The Hall–Kier alpha value is -3.22. The van der Waals surface area contributed by atoms with E-state index in [0.717, 1.165) is 5.56 Å². The molecular formula is C15H12N4O3. The van der Waals surface area contributed by atoms with Crippen LogP contribution in [0.4, 0.5) is 0 Å². The highest BCUT2D eigenvalue weighted by Gasteiger charge is 2.07. The molecule has 0 atom stereocenters. The molecule has 0 fully saturated rings. The molecule has 0 spiro atoms. The zero-order chi connectivity index (χ0) is 15.5. The molecule has 0 aliphatic carbocycles. The van der Waals surface area contributed by atoms with Crippen molar-refractivity contribution in [1.82, 2.24) is 14.8 Å². The molecule has 0 saturated carbocycles. The number of hydrogen-bond donors (Lipinski definition) is 1. The molecule has 1 aromatic carbocycles. The van der Waals surface area contributed by atoms with E-state index in [1.54, 1.807) is 36.5 Å². The third-order valence-corrected chi connectivity index (χ3v) is 3.18. The Kier molecular flexibility index (Phi) is 3.53. The summed E-state index contributed by atoms with van der Waals surface area (Å²) in [6, 6.07) is 9.84. The van der Waals surface area contributed by atoms with E-state index in [9.17, 15) is 9.59 Å². The van der Waals surface area contributed by atoms with Gasteiger partial charge < -0.3 is 14.7 Å². The molecule has 0 unspecified atom stereocenters. The Morgan fingerprint density at radius 2 is 1.95 bits per heavy atom. The largest absolute Gasteiger partial charge is 0.423 e. The first-order chi connectivity index (χ1) is 10.6. The van der Waals surface area contributed by atoms with E-state index < -0.39 is 5.91 Å². The van der Waals surface area contributed by atoms with E-state index in [1.165, 1.54) is 17.0 Å². The van der Waals surface area contributed by atoms with E-state index in [1.807, 2.05) is 0 Å². The Labute approximate surface area is 125 Å². The van der Waals surface area contributed by atoms with E-state index in [4.69, 9.17) is 10.2 Å². The van der Waals surface area contributed by atoms with Crippen molar-refractivity contribution in [3.05, 3.63) is 70.5 Å². The average molecular weight is 296 g/mol. The van der Waals surface area contributed by atoms with Crippen molar-refractivity contribution in [2.24, 2.45) is 5.73 Å². The second-order valence-corrected chi connectivity index (χ2v) is 4.69. The van der Waals surface area contributed by atoms with Crippen LogP contribution >= 0.6 is 0 Å². The standard InChI is InChI=1S/C15H12N4O3/c16-14(21)11-3-1-10(2-4-11)7-19-8-12(5-6-13(19)20)15-18-17-9-22-15/h1-6,8-9H,7H2,(H2,16,21). The van der Waals surface area contributed by atoms with Crippen molar-refractivity contribution in [2.45, 2.75) is 6.54 Å². The number of aromatic nitrogens is 3. The van der Waals surface area contributed by atoms with E-state index in [0.29, 0.717) is 23.6 Å². The van der Waals surface area contributed by atoms with Gasteiger partial charge >= 0.3 is 0 Å². The summed E-state index contributed by atoms with van der Waals surface area (Å²) in [6.45, 7) is 0.361. The van der Waals surface area contributed by atoms with Crippen LogP contribution in [-0.2, 0) is 6.54 Å². The molecule has 0 saturated heterocycles. The molecule has 2 aromatic heterocycles.